The molecule has 0 unspecified atom stereocenters. The molecule has 0 fully saturated rings. The molecule has 0 aromatic carbocycles. The van der Waals surface area contributed by atoms with E-state index in [1.807, 2.05) is 19.3 Å². The monoisotopic (exact) mass is 119 g/mol. The van der Waals surface area contributed by atoms with Gasteiger partial charge in [-0.3, -0.25) is 10.7 Å². The van der Waals surface area contributed by atoms with Crippen molar-refractivity contribution in [1.82, 2.24) is 5.48 Å². The Hall–Kier alpha value is -0.150. The lowest BCUT2D eigenvalue weighted by atomic mass is 10.2. The van der Waals surface area contributed by atoms with Gasteiger partial charge in [0.15, 0.2) is 0 Å². The first-order chi connectivity index (χ1) is 3.18. The predicted molar refractivity (Wildman–Crippen MR) is 32.4 cm³/mol. The highest BCUT2D eigenvalue weighted by Crippen LogP contribution is 1.90. The van der Waals surface area contributed by atoms with Crippen molar-refractivity contribution < 1.29 is 5.21 Å². The van der Waals surface area contributed by atoms with Gasteiger partial charge in [-0.05, 0) is 0 Å². The molecular formula is C4H9NOS. The smallest absolute Gasteiger partial charge is 0.103 e. The third-order valence-electron chi connectivity index (χ3n) is 0.635. The Kier molecular flexibility index (Phi) is 2.87. The van der Waals surface area contributed by atoms with Crippen LogP contribution in [0, 0.1) is 5.92 Å². The summed E-state index contributed by atoms with van der Waals surface area (Å²) in [5, 5.41) is 8.11. The van der Waals surface area contributed by atoms with E-state index in [0.29, 0.717) is 4.99 Å². The van der Waals surface area contributed by atoms with E-state index >= 15 is 0 Å². The average Bonchev–Trinajstić information content (AvgIpc) is 1.65. The molecule has 7 heavy (non-hydrogen) atoms. The van der Waals surface area contributed by atoms with Crippen molar-refractivity contribution >= 4 is 17.2 Å². The van der Waals surface area contributed by atoms with Crippen molar-refractivity contribution in [3.63, 3.8) is 0 Å². The van der Waals surface area contributed by atoms with E-state index in [0.717, 1.165) is 0 Å². The molecule has 0 aromatic rings. The highest BCUT2D eigenvalue weighted by molar-refractivity contribution is 7.80. The van der Waals surface area contributed by atoms with Crippen LogP contribution in [0.2, 0.25) is 0 Å². The lowest BCUT2D eigenvalue weighted by molar-refractivity contribution is 0.232. The zero-order valence-corrected chi connectivity index (χ0v) is 5.25. The van der Waals surface area contributed by atoms with Crippen LogP contribution in [0.3, 0.4) is 0 Å². The van der Waals surface area contributed by atoms with Crippen molar-refractivity contribution in [3.8, 4) is 0 Å². The maximum atomic E-state index is 8.11. The summed E-state index contributed by atoms with van der Waals surface area (Å²) in [6.45, 7) is 3.82. The van der Waals surface area contributed by atoms with Gasteiger partial charge in [0.2, 0.25) is 0 Å². The second-order valence-electron chi connectivity index (χ2n) is 1.63. The van der Waals surface area contributed by atoms with Gasteiger partial charge in [0.1, 0.15) is 4.99 Å². The molecule has 0 spiro atoms. The summed E-state index contributed by atoms with van der Waals surface area (Å²) in [4.78, 5) is 0.486. The summed E-state index contributed by atoms with van der Waals surface area (Å²) in [6.07, 6.45) is 0. The van der Waals surface area contributed by atoms with Gasteiger partial charge in [-0.1, -0.05) is 26.1 Å². The molecule has 0 aliphatic carbocycles. The first kappa shape index (κ1) is 6.85. The highest BCUT2D eigenvalue weighted by Gasteiger charge is 1.96. The molecule has 3 heteroatoms. The lowest BCUT2D eigenvalue weighted by Gasteiger charge is -2.01. The third kappa shape index (κ3) is 2.53. The summed E-state index contributed by atoms with van der Waals surface area (Å²) in [7, 11) is 0. The van der Waals surface area contributed by atoms with Crippen LogP contribution in [-0.4, -0.2) is 10.2 Å². The van der Waals surface area contributed by atoms with Gasteiger partial charge in [0.25, 0.3) is 0 Å². The first-order valence-electron chi connectivity index (χ1n) is 2.12. The molecule has 0 bridgehead atoms. The third-order valence-corrected chi connectivity index (χ3v) is 1.20. The van der Waals surface area contributed by atoms with Gasteiger partial charge in [0, 0.05) is 5.92 Å². The van der Waals surface area contributed by atoms with Gasteiger partial charge in [-0.15, -0.1) is 0 Å². The van der Waals surface area contributed by atoms with Gasteiger partial charge in [0.05, 0.1) is 0 Å². The van der Waals surface area contributed by atoms with Crippen LogP contribution in [0.1, 0.15) is 13.8 Å². The largest absolute Gasteiger partial charge is 0.291 e. The van der Waals surface area contributed by atoms with Gasteiger partial charge < -0.3 is 0 Å². The van der Waals surface area contributed by atoms with E-state index in [4.69, 9.17) is 5.21 Å². The minimum Gasteiger partial charge on any atom is -0.291 e. The number of rotatable bonds is 1. The maximum absolute atomic E-state index is 8.11. The molecule has 0 saturated heterocycles. The topological polar surface area (TPSA) is 32.3 Å². The summed E-state index contributed by atoms with van der Waals surface area (Å²) >= 11 is 4.62. The Morgan fingerprint density at radius 1 is 1.71 bits per heavy atom. The summed E-state index contributed by atoms with van der Waals surface area (Å²) in [6, 6.07) is 0. The normalized spacial score (nSPS) is 9.14. The molecule has 0 aromatic heterocycles. The van der Waals surface area contributed by atoms with E-state index < -0.39 is 0 Å². The van der Waals surface area contributed by atoms with E-state index in [1.54, 1.807) is 0 Å². The van der Waals surface area contributed by atoms with Crippen molar-refractivity contribution in [2.75, 3.05) is 0 Å². The van der Waals surface area contributed by atoms with Crippen LogP contribution >= 0.6 is 12.2 Å². The summed E-state index contributed by atoms with van der Waals surface area (Å²) in [5.41, 5.74) is 1.90. The average molecular weight is 119 g/mol. The molecule has 0 aliphatic rings. The lowest BCUT2D eigenvalue weighted by Crippen LogP contribution is -2.21. The van der Waals surface area contributed by atoms with Crippen molar-refractivity contribution in [2.45, 2.75) is 13.8 Å². The molecule has 0 aliphatic heterocycles. The van der Waals surface area contributed by atoms with Crippen molar-refractivity contribution in [1.29, 1.82) is 0 Å². The van der Waals surface area contributed by atoms with E-state index in [-0.39, 0.29) is 5.92 Å². The van der Waals surface area contributed by atoms with Gasteiger partial charge >= 0.3 is 0 Å². The Morgan fingerprint density at radius 2 is 2.14 bits per heavy atom. The molecular weight excluding hydrogens is 110 g/mol. The molecule has 0 atom stereocenters. The Balaban J connectivity index is 3.35. The van der Waals surface area contributed by atoms with E-state index in [2.05, 4.69) is 12.2 Å². The maximum Gasteiger partial charge on any atom is 0.103 e. The van der Waals surface area contributed by atoms with Crippen molar-refractivity contribution in [2.24, 2.45) is 5.92 Å². The van der Waals surface area contributed by atoms with E-state index in [9.17, 15) is 0 Å². The fourth-order valence-electron chi connectivity index (χ4n) is 0.129. The minimum atomic E-state index is 0.236. The number of thiocarbonyl (C=S) groups is 1. The standard InChI is InChI=1S/C4H9NOS/c1-3(2)4(7)5-6/h3,6H,1-2H3,(H,5,7). The number of hydrogen-bond donors (Lipinski definition) is 2. The van der Waals surface area contributed by atoms with Gasteiger partial charge in [-0.2, -0.15) is 0 Å². The Bertz CT molecular complexity index is 72.1. The predicted octanol–water partition coefficient (Wildman–Crippen LogP) is 0.949. The minimum absolute atomic E-state index is 0.236. The van der Waals surface area contributed by atoms with Gasteiger partial charge in [-0.25, -0.2) is 0 Å². The number of nitrogens with one attached hydrogen (secondary N) is 1. The van der Waals surface area contributed by atoms with Crippen LogP contribution in [0.4, 0.5) is 0 Å². The van der Waals surface area contributed by atoms with Crippen LogP contribution in [0.5, 0.6) is 0 Å². The fraction of sp³-hybridized carbons (Fsp3) is 0.750. The van der Waals surface area contributed by atoms with Crippen LogP contribution < -0.4 is 5.48 Å². The molecule has 0 heterocycles. The highest BCUT2D eigenvalue weighted by atomic mass is 32.1. The molecule has 0 radical (unpaired) electrons. The van der Waals surface area contributed by atoms with Crippen molar-refractivity contribution in [3.05, 3.63) is 0 Å². The second kappa shape index (κ2) is 2.93. The SMILES string of the molecule is CC(C)C(=S)NO. The molecule has 0 rings (SSSR count). The molecule has 0 amide bonds. The van der Waals surface area contributed by atoms with Crippen LogP contribution in [0.15, 0.2) is 0 Å². The van der Waals surface area contributed by atoms with Crippen LogP contribution in [0.25, 0.3) is 0 Å². The number of hydrogen-bond acceptors (Lipinski definition) is 2. The van der Waals surface area contributed by atoms with E-state index in [1.165, 1.54) is 0 Å². The Labute approximate surface area is 48.5 Å². The summed E-state index contributed by atoms with van der Waals surface area (Å²) < 4.78 is 0. The number of hydroxylamine groups is 1. The second-order valence-corrected chi connectivity index (χ2v) is 2.07. The Morgan fingerprint density at radius 3 is 2.14 bits per heavy atom. The zero-order chi connectivity index (χ0) is 5.86. The molecule has 0 saturated carbocycles. The molecule has 42 valence electrons. The van der Waals surface area contributed by atoms with Crippen LogP contribution in [-0.2, 0) is 0 Å². The molecule has 2 nitrogen and oxygen atoms in total. The first-order valence-corrected chi connectivity index (χ1v) is 2.53. The zero-order valence-electron chi connectivity index (χ0n) is 4.43. The fourth-order valence-corrected chi connectivity index (χ4v) is 0.129. The molecule has 2 N–H and O–H groups in total. The quantitative estimate of drug-likeness (QED) is 0.398. The summed E-state index contributed by atoms with van der Waals surface area (Å²) in [5.74, 6) is 0.236.